The first-order valence-corrected chi connectivity index (χ1v) is 10.3. The van der Waals surface area contributed by atoms with Crippen LogP contribution in [-0.4, -0.2) is 44.5 Å². The van der Waals surface area contributed by atoms with Gasteiger partial charge in [0.05, 0.1) is 23.6 Å². The van der Waals surface area contributed by atoms with Crippen molar-refractivity contribution in [1.82, 2.24) is 25.2 Å². The Kier molecular flexibility index (Phi) is 5.82. The smallest absolute Gasteiger partial charge is 0.383 e. The van der Waals surface area contributed by atoms with E-state index in [1.807, 2.05) is 0 Å². The van der Waals surface area contributed by atoms with Crippen LogP contribution in [0.2, 0.25) is 0 Å². The molecule has 3 rings (SSSR count). The van der Waals surface area contributed by atoms with E-state index in [1.54, 1.807) is 0 Å². The second-order valence-electron chi connectivity index (χ2n) is 6.90. The highest BCUT2D eigenvalue weighted by Gasteiger charge is 2.35. The number of nitrogens with zero attached hydrogens (tertiary/aromatic N) is 5. The largest absolute Gasteiger partial charge is 0.416 e. The van der Waals surface area contributed by atoms with E-state index in [9.17, 15) is 31.1 Å². The Balaban J connectivity index is 1.91. The van der Waals surface area contributed by atoms with Crippen molar-refractivity contribution in [2.24, 2.45) is 5.14 Å². The number of rotatable bonds is 6. The number of halogens is 4. The standard InChI is InChI=1S/C17H16F4N6O3S/c1-16(28,9-31(22,29)30)14-7-3-6-13(23-14)15-24-26-27(25-15)8-10-11(17(19,20)21)4-2-5-12(10)18/h2-7,28H,8-9H2,1H3,(H2,22,29,30)/t16-/m0/s1. The van der Waals surface area contributed by atoms with Crippen molar-refractivity contribution in [3.05, 3.63) is 59.0 Å². The van der Waals surface area contributed by atoms with Gasteiger partial charge < -0.3 is 5.11 Å². The van der Waals surface area contributed by atoms with Gasteiger partial charge in [0.1, 0.15) is 17.1 Å². The first kappa shape index (κ1) is 22.7. The topological polar surface area (TPSA) is 137 Å². The summed E-state index contributed by atoms with van der Waals surface area (Å²) in [7, 11) is -4.02. The Morgan fingerprint density at radius 3 is 2.48 bits per heavy atom. The maximum absolute atomic E-state index is 14.0. The van der Waals surface area contributed by atoms with E-state index in [0.717, 1.165) is 23.0 Å². The zero-order chi connectivity index (χ0) is 23.0. The number of hydrogen-bond acceptors (Lipinski definition) is 7. The van der Waals surface area contributed by atoms with Crippen LogP contribution in [0.1, 0.15) is 23.7 Å². The number of tetrazole rings is 1. The maximum Gasteiger partial charge on any atom is 0.416 e. The Hall–Kier alpha value is -2.97. The molecule has 0 amide bonds. The lowest BCUT2D eigenvalue weighted by Crippen LogP contribution is -2.35. The van der Waals surface area contributed by atoms with Gasteiger partial charge in [-0.3, -0.25) is 0 Å². The molecule has 31 heavy (non-hydrogen) atoms. The van der Waals surface area contributed by atoms with Crippen LogP contribution in [0, 0.1) is 5.82 Å². The van der Waals surface area contributed by atoms with E-state index in [-0.39, 0.29) is 17.2 Å². The van der Waals surface area contributed by atoms with Gasteiger partial charge in [-0.1, -0.05) is 12.1 Å². The van der Waals surface area contributed by atoms with E-state index < -0.39 is 51.0 Å². The third-order valence-electron chi connectivity index (χ3n) is 4.19. The van der Waals surface area contributed by atoms with Crippen molar-refractivity contribution in [3.63, 3.8) is 0 Å². The van der Waals surface area contributed by atoms with E-state index in [1.165, 1.54) is 25.1 Å². The van der Waals surface area contributed by atoms with Crippen LogP contribution in [0.3, 0.4) is 0 Å². The summed E-state index contributed by atoms with van der Waals surface area (Å²) in [6.45, 7) is 0.558. The molecular weight excluding hydrogens is 444 g/mol. The van der Waals surface area contributed by atoms with E-state index in [0.29, 0.717) is 0 Å². The highest BCUT2D eigenvalue weighted by Crippen LogP contribution is 2.33. The summed E-state index contributed by atoms with van der Waals surface area (Å²) in [5.41, 5.74) is -3.73. The highest BCUT2D eigenvalue weighted by atomic mass is 32.2. The fraction of sp³-hybridized carbons (Fsp3) is 0.294. The van der Waals surface area contributed by atoms with Crippen LogP contribution >= 0.6 is 0 Å². The van der Waals surface area contributed by atoms with Crippen molar-refractivity contribution in [2.75, 3.05) is 5.75 Å². The quantitative estimate of drug-likeness (QED) is 0.531. The molecule has 0 fully saturated rings. The summed E-state index contributed by atoms with van der Waals surface area (Å²) < 4.78 is 76.1. The molecule has 0 bridgehead atoms. The molecule has 2 heterocycles. The molecule has 0 spiro atoms. The van der Waals surface area contributed by atoms with Gasteiger partial charge >= 0.3 is 6.18 Å². The predicted molar refractivity (Wildman–Crippen MR) is 99.1 cm³/mol. The number of benzene rings is 1. The first-order valence-electron chi connectivity index (χ1n) is 8.59. The van der Waals surface area contributed by atoms with Crippen LogP contribution < -0.4 is 5.14 Å². The molecule has 9 nitrogen and oxygen atoms in total. The van der Waals surface area contributed by atoms with Crippen LogP contribution in [-0.2, 0) is 28.3 Å². The van der Waals surface area contributed by atoms with E-state index in [4.69, 9.17) is 5.14 Å². The molecular formula is C17H16F4N6O3S. The Morgan fingerprint density at radius 1 is 1.16 bits per heavy atom. The van der Waals surface area contributed by atoms with Crippen LogP contribution in [0.5, 0.6) is 0 Å². The van der Waals surface area contributed by atoms with Crippen LogP contribution in [0.25, 0.3) is 11.5 Å². The summed E-state index contributed by atoms with van der Waals surface area (Å²) in [5, 5.41) is 26.6. The third kappa shape index (κ3) is 5.39. The molecule has 166 valence electrons. The number of alkyl halides is 3. The molecule has 0 saturated carbocycles. The Morgan fingerprint density at radius 2 is 1.84 bits per heavy atom. The zero-order valence-electron chi connectivity index (χ0n) is 15.9. The van der Waals surface area contributed by atoms with Gasteiger partial charge in [0.2, 0.25) is 15.8 Å². The number of aromatic nitrogens is 5. The third-order valence-corrected chi connectivity index (χ3v) is 5.15. The number of hydrogen-bond donors (Lipinski definition) is 2. The molecule has 0 aliphatic carbocycles. The summed E-state index contributed by atoms with van der Waals surface area (Å²) in [4.78, 5) is 4.85. The van der Waals surface area contributed by atoms with E-state index in [2.05, 4.69) is 20.4 Å². The summed E-state index contributed by atoms with van der Waals surface area (Å²) in [6, 6.07) is 6.80. The van der Waals surface area contributed by atoms with Crippen molar-refractivity contribution < 1.29 is 31.1 Å². The Labute approximate surface area is 173 Å². The average Bonchev–Trinajstić information content (AvgIpc) is 3.09. The molecule has 1 aromatic carbocycles. The SMILES string of the molecule is C[C@](O)(CS(N)(=O)=O)c1cccc(-c2nnn(Cc3c(F)cccc3C(F)(F)F)n2)n1. The minimum Gasteiger partial charge on any atom is -0.383 e. The lowest BCUT2D eigenvalue weighted by molar-refractivity contribution is -0.138. The van der Waals surface area contributed by atoms with Gasteiger partial charge in [0.15, 0.2) is 0 Å². The second-order valence-corrected chi connectivity index (χ2v) is 8.51. The molecule has 0 saturated heterocycles. The first-order chi connectivity index (χ1) is 14.3. The van der Waals surface area contributed by atoms with Gasteiger partial charge in [-0.15, -0.1) is 10.2 Å². The maximum atomic E-state index is 14.0. The minimum atomic E-state index is -4.77. The van der Waals surface area contributed by atoms with E-state index >= 15 is 0 Å². The summed E-state index contributed by atoms with van der Waals surface area (Å²) in [5.74, 6) is -2.00. The van der Waals surface area contributed by atoms with Crippen molar-refractivity contribution in [1.29, 1.82) is 0 Å². The molecule has 0 aliphatic rings. The molecule has 2 aromatic heterocycles. The Bertz CT molecular complexity index is 1210. The van der Waals surface area contributed by atoms with Crippen molar-refractivity contribution in [2.45, 2.75) is 25.2 Å². The number of aliphatic hydroxyl groups is 1. The molecule has 0 radical (unpaired) electrons. The predicted octanol–water partition coefficient (Wildman–Crippen LogP) is 1.44. The number of pyridine rings is 1. The summed E-state index contributed by atoms with van der Waals surface area (Å²) >= 11 is 0. The van der Waals surface area contributed by atoms with Gasteiger partial charge in [-0.2, -0.15) is 18.0 Å². The normalized spacial score (nSPS) is 14.4. The molecule has 0 aliphatic heterocycles. The number of nitrogens with two attached hydrogens (primary N) is 1. The van der Waals surface area contributed by atoms with Gasteiger partial charge in [-0.05, 0) is 36.4 Å². The summed E-state index contributed by atoms with van der Waals surface area (Å²) in [6.07, 6.45) is -4.77. The monoisotopic (exact) mass is 460 g/mol. The molecule has 0 unspecified atom stereocenters. The minimum absolute atomic E-state index is 0.0520. The molecule has 3 N–H and O–H groups in total. The lowest BCUT2D eigenvalue weighted by Gasteiger charge is -2.21. The molecule has 14 heteroatoms. The lowest BCUT2D eigenvalue weighted by atomic mass is 10.0. The zero-order valence-corrected chi connectivity index (χ0v) is 16.7. The second kappa shape index (κ2) is 7.94. The average molecular weight is 460 g/mol. The fourth-order valence-corrected chi connectivity index (χ4v) is 3.80. The number of sulfonamides is 1. The van der Waals surface area contributed by atoms with Crippen molar-refractivity contribution in [3.8, 4) is 11.5 Å². The molecule has 1 atom stereocenters. The van der Waals surface area contributed by atoms with Crippen LogP contribution in [0.4, 0.5) is 17.6 Å². The van der Waals surface area contributed by atoms with Crippen LogP contribution in [0.15, 0.2) is 36.4 Å². The van der Waals surface area contributed by atoms with Gasteiger partial charge in [0.25, 0.3) is 0 Å². The highest BCUT2D eigenvalue weighted by molar-refractivity contribution is 7.89. The fourth-order valence-electron chi connectivity index (χ4n) is 2.86. The molecule has 3 aromatic rings. The number of primary sulfonamides is 1. The van der Waals surface area contributed by atoms with Gasteiger partial charge in [0, 0.05) is 5.56 Å². The van der Waals surface area contributed by atoms with Crippen molar-refractivity contribution >= 4 is 10.0 Å². The van der Waals surface area contributed by atoms with Gasteiger partial charge in [-0.25, -0.2) is 22.9 Å².